The van der Waals surface area contributed by atoms with E-state index in [9.17, 15) is 4.79 Å². The van der Waals surface area contributed by atoms with E-state index in [1.165, 1.54) is 7.05 Å². The number of carbonyl (C=O) groups is 1. The quantitative estimate of drug-likeness (QED) is 0.727. The van der Waals surface area contributed by atoms with Gasteiger partial charge in [-0.25, -0.2) is 0 Å². The van der Waals surface area contributed by atoms with Crippen molar-refractivity contribution in [2.24, 2.45) is 4.99 Å². The van der Waals surface area contributed by atoms with Crippen molar-refractivity contribution in [1.82, 2.24) is 5.32 Å². The summed E-state index contributed by atoms with van der Waals surface area (Å²) in [5.41, 5.74) is 2.03. The highest BCUT2D eigenvalue weighted by molar-refractivity contribution is 5.87. The van der Waals surface area contributed by atoms with Gasteiger partial charge in [0.25, 0.3) is 0 Å². The maximum atomic E-state index is 11.3. The number of likely N-dealkylation sites (N-methyl/N-ethyl adjacent to an activating group) is 1. The lowest BCUT2D eigenvalue weighted by molar-refractivity contribution is -0.122. The number of rotatable bonds is 4. The van der Waals surface area contributed by atoms with Gasteiger partial charge in [0.1, 0.15) is 0 Å². The van der Waals surface area contributed by atoms with Gasteiger partial charge in [-0.15, -0.1) is 0 Å². The summed E-state index contributed by atoms with van der Waals surface area (Å²) in [6, 6.07) is 6.99. The van der Waals surface area contributed by atoms with Crippen LogP contribution in [0.3, 0.4) is 0 Å². The SMILES string of the molecule is CNC(=O)C(CO)N=Cc1ccccc1C. The summed E-state index contributed by atoms with van der Waals surface area (Å²) in [6.07, 6.45) is 1.62. The van der Waals surface area contributed by atoms with Crippen LogP contribution >= 0.6 is 0 Å². The second kappa shape index (κ2) is 6.02. The van der Waals surface area contributed by atoms with Crippen molar-refractivity contribution in [3.63, 3.8) is 0 Å². The number of nitrogens with zero attached hydrogens (tertiary/aromatic N) is 1. The standard InChI is InChI=1S/C12H16N2O2/c1-9-5-3-4-6-10(9)7-14-11(8-15)12(16)13-2/h3-7,11,15H,8H2,1-2H3,(H,13,16). The molecule has 0 radical (unpaired) electrons. The van der Waals surface area contributed by atoms with E-state index in [0.717, 1.165) is 11.1 Å². The fraction of sp³-hybridized carbons (Fsp3) is 0.333. The molecule has 0 heterocycles. The Bertz CT molecular complexity index is 388. The lowest BCUT2D eigenvalue weighted by atomic mass is 10.1. The molecule has 0 saturated heterocycles. The van der Waals surface area contributed by atoms with Crippen LogP contribution in [0.1, 0.15) is 11.1 Å². The van der Waals surface area contributed by atoms with Crippen LogP contribution in [-0.2, 0) is 4.79 Å². The van der Waals surface area contributed by atoms with E-state index in [4.69, 9.17) is 5.11 Å². The Kier molecular flexibility index (Phi) is 4.66. The third-order valence-corrected chi connectivity index (χ3v) is 2.30. The molecule has 1 aromatic carbocycles. The molecule has 0 fully saturated rings. The summed E-state index contributed by atoms with van der Waals surface area (Å²) in [4.78, 5) is 15.3. The van der Waals surface area contributed by atoms with Crippen LogP contribution < -0.4 is 5.32 Å². The second-order valence-electron chi connectivity index (χ2n) is 3.45. The molecule has 0 aromatic heterocycles. The number of aliphatic imine (C=N–C) groups is 1. The Labute approximate surface area is 95.0 Å². The number of hydrogen-bond acceptors (Lipinski definition) is 3. The topological polar surface area (TPSA) is 61.7 Å². The molecule has 1 atom stereocenters. The fourth-order valence-electron chi connectivity index (χ4n) is 1.27. The van der Waals surface area contributed by atoms with Crippen LogP contribution in [-0.4, -0.2) is 36.9 Å². The molecule has 2 N–H and O–H groups in total. The van der Waals surface area contributed by atoms with Gasteiger partial charge in [0.2, 0.25) is 5.91 Å². The summed E-state index contributed by atoms with van der Waals surface area (Å²) in [5, 5.41) is 11.5. The number of hydrogen-bond donors (Lipinski definition) is 2. The molecular weight excluding hydrogens is 204 g/mol. The molecule has 16 heavy (non-hydrogen) atoms. The molecule has 1 rings (SSSR count). The highest BCUT2D eigenvalue weighted by Gasteiger charge is 2.12. The molecule has 0 aliphatic carbocycles. The van der Waals surface area contributed by atoms with Crippen molar-refractivity contribution in [3.8, 4) is 0 Å². The van der Waals surface area contributed by atoms with Gasteiger partial charge in [-0.3, -0.25) is 9.79 Å². The molecule has 4 nitrogen and oxygen atoms in total. The van der Waals surface area contributed by atoms with Crippen LogP contribution in [0.15, 0.2) is 29.3 Å². The number of amides is 1. The van der Waals surface area contributed by atoms with Crippen molar-refractivity contribution in [1.29, 1.82) is 0 Å². The monoisotopic (exact) mass is 220 g/mol. The van der Waals surface area contributed by atoms with Crippen molar-refractivity contribution in [2.75, 3.05) is 13.7 Å². The molecule has 0 aliphatic heterocycles. The fourth-order valence-corrected chi connectivity index (χ4v) is 1.27. The van der Waals surface area contributed by atoms with Gasteiger partial charge < -0.3 is 10.4 Å². The van der Waals surface area contributed by atoms with Gasteiger partial charge in [-0.2, -0.15) is 0 Å². The second-order valence-corrected chi connectivity index (χ2v) is 3.45. The van der Waals surface area contributed by atoms with E-state index in [2.05, 4.69) is 10.3 Å². The molecule has 86 valence electrons. The highest BCUT2D eigenvalue weighted by Crippen LogP contribution is 2.04. The number of aryl methyl sites for hydroxylation is 1. The van der Waals surface area contributed by atoms with Crippen LogP contribution in [0.25, 0.3) is 0 Å². The number of aliphatic hydroxyl groups excluding tert-OH is 1. The average molecular weight is 220 g/mol. The van der Waals surface area contributed by atoms with E-state index in [-0.39, 0.29) is 12.5 Å². The average Bonchev–Trinajstić information content (AvgIpc) is 2.31. The zero-order chi connectivity index (χ0) is 12.0. The number of aliphatic hydroxyl groups is 1. The van der Waals surface area contributed by atoms with Crippen molar-refractivity contribution < 1.29 is 9.90 Å². The Morgan fingerprint density at radius 3 is 2.81 bits per heavy atom. The Morgan fingerprint density at radius 1 is 1.56 bits per heavy atom. The Morgan fingerprint density at radius 2 is 2.25 bits per heavy atom. The van der Waals surface area contributed by atoms with Crippen LogP contribution in [0.5, 0.6) is 0 Å². The Hall–Kier alpha value is -1.68. The first-order valence-corrected chi connectivity index (χ1v) is 5.10. The zero-order valence-electron chi connectivity index (χ0n) is 9.47. The maximum absolute atomic E-state index is 11.3. The summed E-state index contributed by atoms with van der Waals surface area (Å²) in [6.45, 7) is 1.68. The first kappa shape index (κ1) is 12.4. The summed E-state index contributed by atoms with van der Waals surface area (Å²) in [5.74, 6) is -0.285. The van der Waals surface area contributed by atoms with Crippen molar-refractivity contribution >= 4 is 12.1 Å². The largest absolute Gasteiger partial charge is 0.394 e. The predicted octanol–water partition coefficient (Wildman–Crippen LogP) is 0.521. The van der Waals surface area contributed by atoms with Crippen molar-refractivity contribution in [2.45, 2.75) is 13.0 Å². The van der Waals surface area contributed by atoms with E-state index < -0.39 is 6.04 Å². The molecule has 1 aromatic rings. The molecule has 0 aliphatic rings. The molecule has 1 amide bonds. The van der Waals surface area contributed by atoms with Crippen LogP contribution in [0.4, 0.5) is 0 Å². The van der Waals surface area contributed by atoms with E-state index in [0.29, 0.717) is 0 Å². The molecular formula is C12H16N2O2. The molecule has 4 heteroatoms. The van der Waals surface area contributed by atoms with Gasteiger partial charge in [0, 0.05) is 13.3 Å². The summed E-state index contributed by atoms with van der Waals surface area (Å²) < 4.78 is 0. The maximum Gasteiger partial charge on any atom is 0.246 e. The molecule has 0 saturated carbocycles. The first-order valence-electron chi connectivity index (χ1n) is 5.10. The zero-order valence-corrected chi connectivity index (χ0v) is 9.47. The first-order chi connectivity index (χ1) is 7.69. The summed E-state index contributed by atoms with van der Waals surface area (Å²) in [7, 11) is 1.52. The van der Waals surface area contributed by atoms with Crippen molar-refractivity contribution in [3.05, 3.63) is 35.4 Å². The van der Waals surface area contributed by atoms with Gasteiger partial charge in [-0.05, 0) is 18.1 Å². The highest BCUT2D eigenvalue weighted by atomic mass is 16.3. The molecule has 0 bridgehead atoms. The normalized spacial score (nSPS) is 12.7. The summed E-state index contributed by atoms with van der Waals surface area (Å²) >= 11 is 0. The number of nitrogens with one attached hydrogen (secondary N) is 1. The number of carbonyl (C=O) groups excluding carboxylic acids is 1. The smallest absolute Gasteiger partial charge is 0.246 e. The predicted molar refractivity (Wildman–Crippen MR) is 63.7 cm³/mol. The van der Waals surface area contributed by atoms with E-state index in [1.54, 1.807) is 6.21 Å². The third-order valence-electron chi connectivity index (χ3n) is 2.30. The van der Waals surface area contributed by atoms with Gasteiger partial charge in [-0.1, -0.05) is 24.3 Å². The lowest BCUT2D eigenvalue weighted by Gasteiger charge is -2.07. The molecule has 1 unspecified atom stereocenters. The van der Waals surface area contributed by atoms with E-state index in [1.807, 2.05) is 31.2 Å². The van der Waals surface area contributed by atoms with Crippen LogP contribution in [0.2, 0.25) is 0 Å². The van der Waals surface area contributed by atoms with Gasteiger partial charge >= 0.3 is 0 Å². The minimum atomic E-state index is -0.732. The Balaban J connectivity index is 2.79. The lowest BCUT2D eigenvalue weighted by Crippen LogP contribution is -2.33. The van der Waals surface area contributed by atoms with E-state index >= 15 is 0 Å². The number of benzene rings is 1. The van der Waals surface area contributed by atoms with Gasteiger partial charge in [0.05, 0.1) is 6.61 Å². The minimum Gasteiger partial charge on any atom is -0.394 e. The van der Waals surface area contributed by atoms with Crippen LogP contribution in [0, 0.1) is 6.92 Å². The third kappa shape index (κ3) is 3.17. The molecule has 0 spiro atoms. The minimum absolute atomic E-state index is 0.285. The van der Waals surface area contributed by atoms with Gasteiger partial charge in [0.15, 0.2) is 6.04 Å².